The number of benzene rings is 5. The summed E-state index contributed by atoms with van der Waals surface area (Å²) in [6.07, 6.45) is 0. The maximum absolute atomic E-state index is 11.9. The van der Waals surface area contributed by atoms with Crippen molar-refractivity contribution >= 4 is 45.3 Å². The number of amides is 2. The second kappa shape index (κ2) is 13.0. The van der Waals surface area contributed by atoms with Crippen molar-refractivity contribution in [2.75, 3.05) is 11.9 Å². The van der Waals surface area contributed by atoms with Gasteiger partial charge in [-0.1, -0.05) is 48.5 Å². The molecule has 226 valence electrons. The smallest absolute Gasteiger partial charge is 0.343 e. The molecule has 0 bridgehead atoms. The van der Waals surface area contributed by atoms with Gasteiger partial charge in [0.05, 0.1) is 16.8 Å². The molecule has 0 aliphatic heterocycles. The molecule has 45 heavy (non-hydrogen) atoms. The Morgan fingerprint density at radius 3 is 2.22 bits per heavy atom. The fourth-order valence-electron chi connectivity index (χ4n) is 4.48. The summed E-state index contributed by atoms with van der Waals surface area (Å²) in [5, 5.41) is 21.8. The lowest BCUT2D eigenvalue weighted by molar-refractivity contribution is -0.116. The summed E-state index contributed by atoms with van der Waals surface area (Å²) in [5.74, 6) is -0.167. The van der Waals surface area contributed by atoms with Crippen LogP contribution in [-0.2, 0) is 4.79 Å². The maximum Gasteiger partial charge on any atom is 0.343 e. The Bertz CT molecular complexity index is 2040. The lowest BCUT2D eigenvalue weighted by Crippen LogP contribution is -2.23. The highest BCUT2D eigenvalue weighted by atomic mass is 16.5. The van der Waals surface area contributed by atoms with Crippen molar-refractivity contribution in [3.05, 3.63) is 114 Å². The number of ether oxygens (including phenoxy) is 2. The van der Waals surface area contributed by atoms with Crippen LogP contribution in [0.5, 0.6) is 23.0 Å². The lowest BCUT2D eigenvalue weighted by atomic mass is 10.0. The van der Waals surface area contributed by atoms with E-state index in [1.807, 2.05) is 37.3 Å². The summed E-state index contributed by atoms with van der Waals surface area (Å²) in [4.78, 5) is 37.0. The first kappa shape index (κ1) is 30.2. The number of H-pyrrole nitrogens is 1. The van der Waals surface area contributed by atoms with Crippen LogP contribution in [0.25, 0.3) is 21.8 Å². The largest absolute Gasteiger partial charge is 0.506 e. The molecule has 4 N–H and O–H groups in total. The van der Waals surface area contributed by atoms with E-state index in [2.05, 4.69) is 15.4 Å². The Hall–Kier alpha value is -6.23. The van der Waals surface area contributed by atoms with Gasteiger partial charge in [-0.05, 0) is 61.0 Å². The van der Waals surface area contributed by atoms with Gasteiger partial charge in [0.2, 0.25) is 5.91 Å². The zero-order valence-electron chi connectivity index (χ0n) is 24.6. The van der Waals surface area contributed by atoms with Crippen LogP contribution in [0.1, 0.15) is 33.2 Å². The number of carbonyl (C=O) groups excluding carboxylic acids is 3. The van der Waals surface area contributed by atoms with Gasteiger partial charge in [0.25, 0.3) is 5.91 Å². The summed E-state index contributed by atoms with van der Waals surface area (Å²) in [7, 11) is 1.66. The molecule has 0 unspecified atom stereocenters. The third-order valence-electron chi connectivity index (χ3n) is 6.92. The van der Waals surface area contributed by atoms with Crippen molar-refractivity contribution in [3.8, 4) is 23.0 Å². The molecule has 6 aromatic rings. The summed E-state index contributed by atoms with van der Waals surface area (Å²) >= 11 is 0. The molecule has 6 rings (SSSR count). The first-order chi connectivity index (χ1) is 21.6. The SMILES string of the molecule is CC(=O)N(C)c1cc(C)ccc1Oc1cc(C(N)=O)c(O)c2ccccc12.O=C(Oc1ccccc1)c1ccc2n[nH]nc2c1. The summed E-state index contributed by atoms with van der Waals surface area (Å²) in [5.41, 5.74) is 8.73. The van der Waals surface area contributed by atoms with Crippen molar-refractivity contribution in [1.82, 2.24) is 15.4 Å². The number of nitrogens with one attached hydrogen (secondary N) is 1. The van der Waals surface area contributed by atoms with Crippen molar-refractivity contribution in [1.29, 1.82) is 0 Å². The monoisotopic (exact) mass is 603 g/mol. The van der Waals surface area contributed by atoms with E-state index in [0.717, 1.165) is 5.56 Å². The highest BCUT2D eigenvalue weighted by Crippen LogP contribution is 2.40. The van der Waals surface area contributed by atoms with E-state index < -0.39 is 11.9 Å². The first-order valence-corrected chi connectivity index (χ1v) is 13.8. The van der Waals surface area contributed by atoms with Gasteiger partial charge in [-0.25, -0.2) is 4.79 Å². The molecule has 0 aliphatic rings. The van der Waals surface area contributed by atoms with Crippen LogP contribution in [-0.4, -0.2) is 45.3 Å². The number of primary amides is 1. The van der Waals surface area contributed by atoms with Crippen LogP contribution >= 0.6 is 0 Å². The number of hydrogen-bond donors (Lipinski definition) is 3. The van der Waals surface area contributed by atoms with Crippen LogP contribution in [0.4, 0.5) is 5.69 Å². The molecular formula is C34H29N5O6. The maximum atomic E-state index is 11.9. The van der Waals surface area contributed by atoms with Crippen molar-refractivity contribution in [2.45, 2.75) is 13.8 Å². The molecule has 0 saturated carbocycles. The number of aryl methyl sites for hydroxylation is 1. The van der Waals surface area contributed by atoms with E-state index in [-0.39, 0.29) is 17.2 Å². The van der Waals surface area contributed by atoms with E-state index in [1.54, 1.807) is 67.7 Å². The highest BCUT2D eigenvalue weighted by molar-refractivity contribution is 6.05. The Morgan fingerprint density at radius 2 is 1.51 bits per heavy atom. The van der Waals surface area contributed by atoms with E-state index in [4.69, 9.17) is 15.2 Å². The fraction of sp³-hybridized carbons (Fsp3) is 0.0882. The minimum atomic E-state index is -0.756. The second-order valence-electron chi connectivity index (χ2n) is 10.1. The average Bonchev–Trinajstić information content (AvgIpc) is 3.51. The fourth-order valence-corrected chi connectivity index (χ4v) is 4.48. The second-order valence-corrected chi connectivity index (χ2v) is 10.1. The number of hydrogen-bond acceptors (Lipinski definition) is 8. The molecule has 11 heteroatoms. The van der Waals surface area contributed by atoms with Gasteiger partial charge in [-0.3, -0.25) is 9.59 Å². The van der Waals surface area contributed by atoms with E-state index in [1.165, 1.54) is 17.9 Å². The molecule has 0 radical (unpaired) electrons. The predicted molar refractivity (Wildman–Crippen MR) is 170 cm³/mol. The van der Waals surface area contributed by atoms with Gasteiger partial charge >= 0.3 is 5.97 Å². The molecule has 0 aliphatic carbocycles. The Balaban J connectivity index is 0.000000192. The van der Waals surface area contributed by atoms with Crippen LogP contribution in [0, 0.1) is 6.92 Å². The van der Waals surface area contributed by atoms with E-state index in [9.17, 15) is 19.5 Å². The Morgan fingerprint density at radius 1 is 0.822 bits per heavy atom. The molecular weight excluding hydrogens is 574 g/mol. The third kappa shape index (κ3) is 6.73. The summed E-state index contributed by atoms with van der Waals surface area (Å²) < 4.78 is 11.3. The van der Waals surface area contributed by atoms with Crippen LogP contribution in [0.15, 0.2) is 97.1 Å². The van der Waals surface area contributed by atoms with Gasteiger partial charge in [0.1, 0.15) is 28.3 Å². The number of anilines is 1. The summed E-state index contributed by atoms with van der Waals surface area (Å²) in [6, 6.07) is 27.9. The number of carbonyl (C=O) groups is 3. The van der Waals surface area contributed by atoms with Crippen LogP contribution < -0.4 is 20.1 Å². The van der Waals surface area contributed by atoms with Crippen molar-refractivity contribution < 1.29 is 29.0 Å². The number of rotatable bonds is 6. The molecule has 0 atom stereocenters. The number of esters is 1. The van der Waals surface area contributed by atoms with Gasteiger partial charge in [-0.15, -0.1) is 0 Å². The number of nitrogens with two attached hydrogens (primary N) is 1. The number of fused-ring (bicyclic) bond motifs is 2. The van der Waals surface area contributed by atoms with Crippen LogP contribution in [0.3, 0.4) is 0 Å². The first-order valence-electron chi connectivity index (χ1n) is 13.8. The zero-order chi connectivity index (χ0) is 32.1. The van der Waals surface area contributed by atoms with Gasteiger partial charge in [0, 0.05) is 24.7 Å². The normalized spacial score (nSPS) is 10.6. The molecule has 2 amide bonds. The molecule has 11 nitrogen and oxygen atoms in total. The summed E-state index contributed by atoms with van der Waals surface area (Å²) in [6.45, 7) is 3.38. The van der Waals surface area contributed by atoms with E-state index in [0.29, 0.717) is 50.3 Å². The molecule has 0 spiro atoms. The lowest BCUT2D eigenvalue weighted by Gasteiger charge is -2.21. The molecule has 0 saturated heterocycles. The number of nitrogens with zero attached hydrogens (tertiary/aromatic N) is 3. The molecule has 1 heterocycles. The molecule has 1 aromatic heterocycles. The van der Waals surface area contributed by atoms with Crippen molar-refractivity contribution in [2.24, 2.45) is 5.73 Å². The third-order valence-corrected chi connectivity index (χ3v) is 6.92. The van der Waals surface area contributed by atoms with Crippen molar-refractivity contribution in [3.63, 3.8) is 0 Å². The molecule has 0 fully saturated rings. The number of aromatic nitrogens is 3. The minimum Gasteiger partial charge on any atom is -0.506 e. The minimum absolute atomic E-state index is 0.0303. The number of phenols is 1. The standard InChI is InChI=1S/C21H20N2O4.C13H9N3O2/c1-12-8-9-18(17(10-12)23(3)13(2)24)27-19-11-16(21(22)26)20(25)15-7-5-4-6-14(15)19;17-13(18-10-4-2-1-3-5-10)9-6-7-11-12(8-9)15-16-14-11/h4-11,25H,1-3H3,(H2,22,26);1-8H,(H,14,15,16). The topological polar surface area (TPSA) is 161 Å². The highest BCUT2D eigenvalue weighted by Gasteiger charge is 2.19. The van der Waals surface area contributed by atoms with Gasteiger partial charge < -0.3 is 25.2 Å². The number of para-hydroxylation sites is 1. The quantitative estimate of drug-likeness (QED) is 0.157. The van der Waals surface area contributed by atoms with Gasteiger partial charge in [0.15, 0.2) is 5.75 Å². The van der Waals surface area contributed by atoms with E-state index >= 15 is 0 Å². The average molecular weight is 604 g/mol. The zero-order valence-corrected chi connectivity index (χ0v) is 24.6. The van der Waals surface area contributed by atoms with Crippen LogP contribution in [0.2, 0.25) is 0 Å². The number of aromatic amines is 1. The Kier molecular flexibility index (Phi) is 8.71. The molecule has 5 aromatic carbocycles. The Labute approximate surface area is 257 Å². The predicted octanol–water partition coefficient (Wildman–Crippen LogP) is 5.90. The number of aromatic hydroxyl groups is 1. The van der Waals surface area contributed by atoms with Gasteiger partial charge in [-0.2, -0.15) is 15.4 Å².